The third-order valence-corrected chi connectivity index (χ3v) is 2.52. The van der Waals surface area contributed by atoms with Gasteiger partial charge in [0.1, 0.15) is 0 Å². The summed E-state index contributed by atoms with van der Waals surface area (Å²) in [6.45, 7) is 6.45. The number of rotatable bonds is 8. The fourth-order valence-corrected chi connectivity index (χ4v) is 1.38. The molecular weight excluding hydrogens is 196 g/mol. The van der Waals surface area contributed by atoms with Crippen LogP contribution in [0, 0.1) is 5.92 Å². The van der Waals surface area contributed by atoms with E-state index in [1.54, 1.807) is 0 Å². The molecule has 0 aromatic heterocycles. The van der Waals surface area contributed by atoms with Gasteiger partial charge in [0.25, 0.3) is 0 Å². The van der Waals surface area contributed by atoms with Gasteiger partial charge in [-0.2, -0.15) is 11.8 Å². The molecule has 1 amide bonds. The smallest absolute Gasteiger partial charge is 0.222 e. The average Bonchev–Trinajstić information content (AvgIpc) is 2.16. The van der Waals surface area contributed by atoms with Crippen LogP contribution in [-0.4, -0.2) is 37.6 Å². The van der Waals surface area contributed by atoms with Crippen LogP contribution < -0.4 is 10.6 Å². The molecule has 0 aliphatic heterocycles. The van der Waals surface area contributed by atoms with E-state index >= 15 is 0 Å². The molecule has 2 N–H and O–H groups in total. The highest BCUT2D eigenvalue weighted by Gasteiger charge is 2.03. The molecule has 0 rings (SSSR count). The van der Waals surface area contributed by atoms with Gasteiger partial charge in [-0.05, 0) is 25.0 Å². The molecule has 84 valence electrons. The normalized spacial score (nSPS) is 10.6. The van der Waals surface area contributed by atoms with E-state index in [1.165, 1.54) is 12.2 Å². The second-order valence-corrected chi connectivity index (χ2v) is 4.53. The maximum absolute atomic E-state index is 11.1. The molecule has 0 radical (unpaired) electrons. The zero-order valence-corrected chi connectivity index (χ0v) is 10.2. The summed E-state index contributed by atoms with van der Waals surface area (Å²) in [6, 6.07) is 0. The lowest BCUT2D eigenvalue weighted by Gasteiger charge is -2.08. The molecule has 14 heavy (non-hydrogen) atoms. The number of carbonyl (C=O) groups is 1. The van der Waals surface area contributed by atoms with Gasteiger partial charge in [0.05, 0.1) is 0 Å². The molecular formula is C10H22N2OS. The first-order valence-electron chi connectivity index (χ1n) is 5.16. The Hall–Kier alpha value is -0.220. The highest BCUT2D eigenvalue weighted by molar-refractivity contribution is 7.98. The summed E-state index contributed by atoms with van der Waals surface area (Å²) in [5.41, 5.74) is 0. The van der Waals surface area contributed by atoms with Crippen molar-refractivity contribution in [3.8, 4) is 0 Å². The van der Waals surface area contributed by atoms with Crippen molar-refractivity contribution in [3.05, 3.63) is 0 Å². The van der Waals surface area contributed by atoms with Crippen molar-refractivity contribution in [2.24, 2.45) is 5.92 Å². The predicted molar refractivity (Wildman–Crippen MR) is 63.7 cm³/mol. The Balaban J connectivity index is 3.10. The Bertz CT molecular complexity index is 151. The van der Waals surface area contributed by atoms with Gasteiger partial charge in [0.2, 0.25) is 5.91 Å². The van der Waals surface area contributed by atoms with Crippen molar-refractivity contribution in [1.82, 2.24) is 10.6 Å². The molecule has 0 aliphatic carbocycles. The molecule has 0 saturated heterocycles. The lowest BCUT2D eigenvalue weighted by molar-refractivity contribution is -0.123. The summed E-state index contributed by atoms with van der Waals surface area (Å²) in [4.78, 5) is 11.1. The van der Waals surface area contributed by atoms with Crippen LogP contribution in [0.3, 0.4) is 0 Å². The standard InChI is InChI=1S/C10H22N2OS/c1-9(2)10(13)12-7-6-11-5-4-8-14-3/h9,11H,4-8H2,1-3H3,(H,12,13). The maximum Gasteiger partial charge on any atom is 0.222 e. The van der Waals surface area contributed by atoms with Gasteiger partial charge in [-0.3, -0.25) is 4.79 Å². The van der Waals surface area contributed by atoms with E-state index in [1.807, 2.05) is 25.6 Å². The molecule has 0 aromatic rings. The highest BCUT2D eigenvalue weighted by atomic mass is 32.2. The Morgan fingerprint density at radius 3 is 2.57 bits per heavy atom. The van der Waals surface area contributed by atoms with Crippen molar-refractivity contribution in [2.45, 2.75) is 20.3 Å². The van der Waals surface area contributed by atoms with Gasteiger partial charge in [0, 0.05) is 19.0 Å². The molecule has 0 saturated carbocycles. The quantitative estimate of drug-likeness (QED) is 0.600. The van der Waals surface area contributed by atoms with E-state index in [0.29, 0.717) is 0 Å². The molecule has 0 aromatic carbocycles. The van der Waals surface area contributed by atoms with Crippen molar-refractivity contribution < 1.29 is 4.79 Å². The number of hydrogen-bond donors (Lipinski definition) is 2. The lowest BCUT2D eigenvalue weighted by Crippen LogP contribution is -2.34. The monoisotopic (exact) mass is 218 g/mol. The van der Waals surface area contributed by atoms with Crippen LogP contribution in [-0.2, 0) is 4.79 Å². The average molecular weight is 218 g/mol. The molecule has 0 aliphatic rings. The van der Waals surface area contributed by atoms with E-state index in [-0.39, 0.29) is 11.8 Å². The van der Waals surface area contributed by atoms with Crippen LogP contribution in [0.25, 0.3) is 0 Å². The summed E-state index contributed by atoms with van der Waals surface area (Å²) in [5, 5.41) is 6.15. The van der Waals surface area contributed by atoms with E-state index < -0.39 is 0 Å². The van der Waals surface area contributed by atoms with E-state index in [4.69, 9.17) is 0 Å². The zero-order valence-electron chi connectivity index (χ0n) is 9.43. The first-order valence-corrected chi connectivity index (χ1v) is 6.55. The third kappa shape index (κ3) is 8.38. The van der Waals surface area contributed by atoms with Crippen LogP contribution in [0.1, 0.15) is 20.3 Å². The predicted octanol–water partition coefficient (Wildman–Crippen LogP) is 1.10. The first kappa shape index (κ1) is 13.8. The topological polar surface area (TPSA) is 41.1 Å². The van der Waals surface area contributed by atoms with Gasteiger partial charge in [-0.1, -0.05) is 13.8 Å². The minimum atomic E-state index is 0.0893. The Labute approximate surface area is 91.4 Å². The van der Waals surface area contributed by atoms with Crippen molar-refractivity contribution in [1.29, 1.82) is 0 Å². The Kier molecular flexibility index (Phi) is 9.19. The zero-order chi connectivity index (χ0) is 10.8. The number of hydrogen-bond acceptors (Lipinski definition) is 3. The van der Waals surface area contributed by atoms with Gasteiger partial charge < -0.3 is 10.6 Å². The molecule has 0 unspecified atom stereocenters. The summed E-state index contributed by atoms with van der Waals surface area (Å²) in [7, 11) is 0. The van der Waals surface area contributed by atoms with Crippen LogP contribution in [0.2, 0.25) is 0 Å². The molecule has 4 heteroatoms. The molecule has 0 atom stereocenters. The lowest BCUT2D eigenvalue weighted by atomic mass is 10.2. The number of nitrogens with one attached hydrogen (secondary N) is 2. The van der Waals surface area contributed by atoms with E-state index in [2.05, 4.69) is 16.9 Å². The van der Waals surface area contributed by atoms with Gasteiger partial charge >= 0.3 is 0 Å². The first-order chi connectivity index (χ1) is 6.68. The molecule has 3 nitrogen and oxygen atoms in total. The van der Waals surface area contributed by atoms with Crippen LogP contribution >= 0.6 is 11.8 Å². The minimum Gasteiger partial charge on any atom is -0.355 e. The largest absolute Gasteiger partial charge is 0.355 e. The summed E-state index contributed by atoms with van der Waals surface area (Å²) in [6.07, 6.45) is 3.31. The molecule has 0 heterocycles. The fourth-order valence-electron chi connectivity index (χ4n) is 0.945. The summed E-state index contributed by atoms with van der Waals surface area (Å²) >= 11 is 1.86. The Morgan fingerprint density at radius 1 is 1.29 bits per heavy atom. The van der Waals surface area contributed by atoms with Gasteiger partial charge in [-0.25, -0.2) is 0 Å². The molecule has 0 bridgehead atoms. The summed E-state index contributed by atoms with van der Waals surface area (Å²) < 4.78 is 0. The maximum atomic E-state index is 11.1. The van der Waals surface area contributed by atoms with Gasteiger partial charge in [0.15, 0.2) is 0 Å². The van der Waals surface area contributed by atoms with Gasteiger partial charge in [-0.15, -0.1) is 0 Å². The number of carbonyl (C=O) groups excluding carboxylic acids is 1. The van der Waals surface area contributed by atoms with Crippen LogP contribution in [0.4, 0.5) is 0 Å². The van der Waals surface area contributed by atoms with Crippen molar-refractivity contribution in [3.63, 3.8) is 0 Å². The van der Waals surface area contributed by atoms with Crippen LogP contribution in [0.15, 0.2) is 0 Å². The van der Waals surface area contributed by atoms with Crippen molar-refractivity contribution in [2.75, 3.05) is 31.6 Å². The second-order valence-electron chi connectivity index (χ2n) is 3.54. The van der Waals surface area contributed by atoms with Crippen LogP contribution in [0.5, 0.6) is 0 Å². The van der Waals surface area contributed by atoms with E-state index in [9.17, 15) is 4.79 Å². The Morgan fingerprint density at radius 2 is 2.00 bits per heavy atom. The number of amides is 1. The SMILES string of the molecule is CSCCCNCCNC(=O)C(C)C. The molecule has 0 spiro atoms. The third-order valence-electron chi connectivity index (χ3n) is 1.83. The van der Waals surface area contributed by atoms with Crippen molar-refractivity contribution >= 4 is 17.7 Å². The summed E-state index contributed by atoms with van der Waals surface area (Å²) in [5.74, 6) is 1.42. The molecule has 0 fully saturated rings. The van der Waals surface area contributed by atoms with E-state index in [0.717, 1.165) is 19.6 Å². The minimum absolute atomic E-state index is 0.0893. The fraction of sp³-hybridized carbons (Fsp3) is 0.900. The second kappa shape index (κ2) is 9.34. The number of thioether (sulfide) groups is 1. The highest BCUT2D eigenvalue weighted by Crippen LogP contribution is 1.93.